The fourth-order valence-electron chi connectivity index (χ4n) is 4.84. The molecule has 4 aromatic carbocycles. The summed E-state index contributed by atoms with van der Waals surface area (Å²) in [6.45, 7) is 4.21. The van der Waals surface area contributed by atoms with Gasteiger partial charge in [0.15, 0.2) is 0 Å². The van der Waals surface area contributed by atoms with E-state index in [1.54, 1.807) is 24.3 Å². The first kappa shape index (κ1) is 27.7. The average Bonchev–Trinajstić information content (AvgIpc) is 3.14. The van der Waals surface area contributed by atoms with E-state index in [4.69, 9.17) is 16.1 Å². The van der Waals surface area contributed by atoms with Crippen molar-refractivity contribution in [2.45, 2.75) is 24.2 Å². The van der Waals surface area contributed by atoms with E-state index >= 15 is 0 Å². The number of anilines is 1. The van der Waals surface area contributed by atoms with Crippen LogP contribution in [-0.4, -0.2) is 15.5 Å². The molecule has 9 heteroatoms. The van der Waals surface area contributed by atoms with E-state index in [0.717, 1.165) is 16.9 Å². The quantitative estimate of drug-likeness (QED) is 0.216. The molecule has 1 heterocycles. The van der Waals surface area contributed by atoms with E-state index in [1.807, 2.05) is 61.4 Å². The van der Waals surface area contributed by atoms with Gasteiger partial charge in [0.1, 0.15) is 5.75 Å². The number of hydrogen-bond acceptors (Lipinski definition) is 5. The van der Waals surface area contributed by atoms with Gasteiger partial charge in [0.2, 0.25) is 7.28 Å². The normalized spacial score (nSPS) is 16.6. The minimum Gasteiger partial charge on any atom is -0.451 e. The monoisotopic (exact) mass is 587 g/mol. The molecular weight excluding hydrogens is 561 g/mol. The number of hydrogen-bond donors (Lipinski definition) is 0. The van der Waals surface area contributed by atoms with Crippen LogP contribution in [0.3, 0.4) is 0 Å². The molecule has 0 fully saturated rings. The number of nitriles is 1. The van der Waals surface area contributed by atoms with Crippen LogP contribution in [0, 0.1) is 11.3 Å². The lowest BCUT2D eigenvalue weighted by atomic mass is 9.84. The van der Waals surface area contributed by atoms with Crippen LogP contribution in [0.5, 0.6) is 5.75 Å². The van der Waals surface area contributed by atoms with Crippen LogP contribution in [0.25, 0.3) is 0 Å². The molecule has 0 aromatic heterocycles. The molecule has 1 unspecified atom stereocenters. The molecule has 0 amide bonds. The molecule has 0 radical (unpaired) electrons. The topological polar surface area (TPSA) is 82.8 Å². The smallest absolute Gasteiger partial charge is 0.284 e. The molecule has 0 saturated carbocycles. The minimum absolute atomic E-state index is 0.0151. The molecule has 6 nitrogen and oxygen atoms in total. The molecule has 202 valence electrons. The van der Waals surface area contributed by atoms with Crippen molar-refractivity contribution in [3.05, 3.63) is 131 Å². The van der Waals surface area contributed by atoms with Crippen LogP contribution in [0.4, 0.5) is 5.69 Å². The number of rotatable bonds is 6. The zero-order valence-corrected chi connectivity index (χ0v) is 24.7. The molecule has 0 bridgehead atoms. The highest BCUT2D eigenvalue weighted by Gasteiger charge is 2.41. The molecule has 0 saturated heterocycles. The predicted octanol–water partition coefficient (Wildman–Crippen LogP) is 7.69. The summed E-state index contributed by atoms with van der Waals surface area (Å²) < 4.78 is 39.1. The Hall–Kier alpha value is -3.82. The Morgan fingerprint density at radius 1 is 0.925 bits per heavy atom. The Bertz CT molecular complexity index is 1800. The van der Waals surface area contributed by atoms with Crippen LogP contribution < -0.4 is 14.7 Å². The maximum atomic E-state index is 13.9. The summed E-state index contributed by atoms with van der Waals surface area (Å²) in [5.41, 5.74) is 3.03. The lowest BCUT2D eigenvalue weighted by molar-refractivity contribution is 0.593. The molecule has 1 aliphatic heterocycles. The lowest BCUT2D eigenvalue weighted by Gasteiger charge is -2.29. The number of allylic oxidation sites excluding steroid dienone is 1. The Balaban J connectivity index is 1.83. The molecule has 0 spiro atoms. The van der Waals surface area contributed by atoms with E-state index in [1.165, 1.54) is 24.3 Å². The zero-order valence-electron chi connectivity index (χ0n) is 22.2. The van der Waals surface area contributed by atoms with Gasteiger partial charge < -0.3 is 9.42 Å². The maximum absolute atomic E-state index is 13.9. The summed E-state index contributed by atoms with van der Waals surface area (Å²) in [4.78, 5) is 2.08. The molecule has 1 atom stereocenters. The van der Waals surface area contributed by atoms with Crippen LogP contribution in [0.2, 0.25) is 5.02 Å². The van der Waals surface area contributed by atoms with Crippen molar-refractivity contribution in [3.8, 4) is 11.8 Å². The van der Waals surface area contributed by atoms with Crippen molar-refractivity contribution >= 4 is 39.9 Å². The summed E-state index contributed by atoms with van der Waals surface area (Å²) in [5.74, 6) is 2.30. The number of fused-ring (bicyclic) bond motifs is 1. The van der Waals surface area contributed by atoms with Crippen LogP contribution in [-0.2, 0) is 15.4 Å². The van der Waals surface area contributed by atoms with Gasteiger partial charge in [-0.3, -0.25) is 0 Å². The van der Waals surface area contributed by atoms with E-state index in [0.29, 0.717) is 21.6 Å². The van der Waals surface area contributed by atoms with Crippen molar-refractivity contribution < 1.29 is 12.9 Å². The minimum atomic E-state index is -4.20. The fraction of sp³-hybridized carbons (Fsp3) is 0.129. The lowest BCUT2D eigenvalue weighted by Crippen LogP contribution is -2.24. The highest BCUT2D eigenvalue weighted by Crippen LogP contribution is 2.58. The van der Waals surface area contributed by atoms with Crippen LogP contribution >= 0.6 is 18.9 Å². The third kappa shape index (κ3) is 5.19. The predicted molar refractivity (Wildman–Crippen MR) is 162 cm³/mol. The first-order valence-electron chi connectivity index (χ1n) is 12.5. The summed E-state index contributed by atoms with van der Waals surface area (Å²) >= 11 is 6.05. The molecule has 1 aliphatic rings. The van der Waals surface area contributed by atoms with Gasteiger partial charge in [0, 0.05) is 40.0 Å². The first-order valence-corrected chi connectivity index (χ1v) is 16.1. The van der Waals surface area contributed by atoms with Crippen LogP contribution in [0.15, 0.2) is 124 Å². The van der Waals surface area contributed by atoms with Gasteiger partial charge >= 0.3 is 0 Å². The summed E-state index contributed by atoms with van der Waals surface area (Å²) in [7, 11) is -5.71. The number of benzene rings is 4. The Morgan fingerprint density at radius 2 is 1.55 bits per heavy atom. The molecule has 0 N–H and O–H groups in total. The van der Waals surface area contributed by atoms with Crippen LogP contribution in [0.1, 0.15) is 25.0 Å². The Kier molecular flexibility index (Phi) is 7.37. The highest BCUT2D eigenvalue weighted by atomic mass is 35.5. The standard InChI is InChI=1S/C31H27ClN3O3PS/c1-31(2)28-11-7-8-12-29(28)35(3)30(31)22-39(26-9-5-4-6-10-26,38-25-17-13-23(21-33)14-18-25)34-40(36,37)27-19-15-24(32)16-20-27/h4-20,22H,1-3H3. The first-order chi connectivity index (χ1) is 19.1. The largest absolute Gasteiger partial charge is 0.451 e. The second-order valence-electron chi connectivity index (χ2n) is 9.91. The van der Waals surface area contributed by atoms with Gasteiger partial charge in [-0.15, -0.1) is 4.15 Å². The number of para-hydroxylation sites is 1. The molecule has 40 heavy (non-hydrogen) atoms. The summed E-state index contributed by atoms with van der Waals surface area (Å²) in [6, 6.07) is 32.0. The summed E-state index contributed by atoms with van der Waals surface area (Å²) in [5, 5.41) is 10.3. The Labute approximate surface area is 240 Å². The zero-order chi connectivity index (χ0) is 28.5. The molecule has 0 aliphatic carbocycles. The van der Waals surface area contributed by atoms with E-state index in [-0.39, 0.29) is 4.90 Å². The van der Waals surface area contributed by atoms with Crippen molar-refractivity contribution in [3.63, 3.8) is 0 Å². The van der Waals surface area contributed by atoms with E-state index in [2.05, 4.69) is 35.0 Å². The molecule has 5 rings (SSSR count). The summed E-state index contributed by atoms with van der Waals surface area (Å²) in [6.07, 6.45) is 0. The number of nitrogens with zero attached hydrogens (tertiary/aromatic N) is 3. The van der Waals surface area contributed by atoms with E-state index < -0.39 is 22.7 Å². The third-order valence-corrected chi connectivity index (χ3v) is 12.0. The SMILES string of the molecule is CN1C(=CP(=NS(=O)(=O)c2ccc(Cl)cc2)(Oc2ccc(C#N)cc2)c2ccccc2)C(C)(C)c2ccccc21. The average molecular weight is 588 g/mol. The number of sulfonamides is 1. The van der Waals surface area contributed by atoms with Gasteiger partial charge in [-0.05, 0) is 72.3 Å². The second kappa shape index (κ2) is 10.6. The van der Waals surface area contributed by atoms with Crippen molar-refractivity contribution in [1.82, 2.24) is 0 Å². The van der Waals surface area contributed by atoms with Gasteiger partial charge in [0.05, 0.1) is 16.5 Å². The second-order valence-corrected chi connectivity index (χ2v) is 14.6. The number of halogens is 1. The van der Waals surface area contributed by atoms with Crippen molar-refractivity contribution in [1.29, 1.82) is 5.26 Å². The van der Waals surface area contributed by atoms with Gasteiger partial charge in [0.25, 0.3) is 10.0 Å². The van der Waals surface area contributed by atoms with Gasteiger partial charge in [-0.1, -0.05) is 61.8 Å². The Morgan fingerprint density at radius 3 is 2.17 bits per heavy atom. The maximum Gasteiger partial charge on any atom is 0.284 e. The molecular formula is C31H27ClN3O3PS. The van der Waals surface area contributed by atoms with E-state index in [9.17, 15) is 13.7 Å². The van der Waals surface area contributed by atoms with Gasteiger partial charge in [-0.2, -0.15) is 13.7 Å². The molecule has 4 aromatic rings. The third-order valence-electron chi connectivity index (χ3n) is 6.93. The van der Waals surface area contributed by atoms with Crippen molar-refractivity contribution in [2.75, 3.05) is 11.9 Å². The van der Waals surface area contributed by atoms with Crippen molar-refractivity contribution in [2.24, 2.45) is 4.15 Å². The van der Waals surface area contributed by atoms with Gasteiger partial charge in [-0.25, -0.2) is 0 Å². The highest BCUT2D eigenvalue weighted by molar-refractivity contribution is 7.95. The fourth-order valence-corrected chi connectivity index (χ4v) is 9.98. The number of likely N-dealkylation sites (N-methyl/N-ethyl adjacent to an activating group) is 1.